The lowest BCUT2D eigenvalue weighted by Gasteiger charge is -2.42. The molecule has 0 spiro atoms. The summed E-state index contributed by atoms with van der Waals surface area (Å²) in [4.78, 5) is 11.9. The molecule has 0 heterocycles. The molecule has 2 aliphatic carbocycles. The lowest BCUT2D eigenvalue weighted by atomic mass is 9.74. The molecule has 7 heteroatoms. The molecule has 0 aromatic carbocycles. The normalized spacial score (nSPS) is 28.6. The molecule has 2 amide bonds. The molecule has 0 unspecified atom stereocenters. The minimum absolute atomic E-state index is 0.0248. The van der Waals surface area contributed by atoms with E-state index in [2.05, 4.69) is 10.6 Å². The Morgan fingerprint density at radius 3 is 2.24 bits per heavy atom. The van der Waals surface area contributed by atoms with Crippen LogP contribution in [0.5, 0.6) is 0 Å². The number of alkyl halides is 3. The zero-order chi connectivity index (χ0) is 15.5. The highest BCUT2D eigenvalue weighted by atomic mass is 19.4. The predicted octanol–water partition coefficient (Wildman–Crippen LogP) is 2.71. The maximum atomic E-state index is 12.6. The van der Waals surface area contributed by atoms with E-state index in [4.69, 9.17) is 5.11 Å². The molecule has 2 aliphatic rings. The molecule has 0 aromatic heterocycles. The van der Waals surface area contributed by atoms with Gasteiger partial charge in [-0.2, -0.15) is 13.2 Å². The molecule has 0 saturated heterocycles. The SMILES string of the molecule is O=C(NC1CCC(C(F)(F)F)CC1)NC1(CCO)CCC1. The number of hydrogen-bond donors (Lipinski definition) is 3. The highest BCUT2D eigenvalue weighted by Gasteiger charge is 2.42. The quantitative estimate of drug-likeness (QED) is 0.748. The fourth-order valence-corrected chi connectivity index (χ4v) is 3.28. The number of amides is 2. The number of urea groups is 1. The Kier molecular flexibility index (Phi) is 5.01. The summed E-state index contributed by atoms with van der Waals surface area (Å²) in [5.74, 6) is -1.23. The van der Waals surface area contributed by atoms with Gasteiger partial charge in [0.15, 0.2) is 0 Å². The van der Waals surface area contributed by atoms with Crippen molar-refractivity contribution in [2.75, 3.05) is 6.61 Å². The summed E-state index contributed by atoms with van der Waals surface area (Å²) in [6.45, 7) is 0.0248. The van der Waals surface area contributed by atoms with Crippen LogP contribution >= 0.6 is 0 Å². The van der Waals surface area contributed by atoms with Gasteiger partial charge in [0.25, 0.3) is 0 Å². The van der Waals surface area contributed by atoms with Crippen molar-refractivity contribution in [3.05, 3.63) is 0 Å². The second-order valence-electron chi connectivity index (χ2n) is 6.30. The zero-order valence-electron chi connectivity index (χ0n) is 12.0. The van der Waals surface area contributed by atoms with Crippen molar-refractivity contribution in [2.45, 2.75) is 69.1 Å². The number of rotatable bonds is 4. The van der Waals surface area contributed by atoms with Crippen molar-refractivity contribution in [1.82, 2.24) is 10.6 Å². The molecule has 0 bridgehead atoms. The Labute approximate surface area is 122 Å². The lowest BCUT2D eigenvalue weighted by Crippen LogP contribution is -2.58. The molecule has 0 aliphatic heterocycles. The van der Waals surface area contributed by atoms with Crippen LogP contribution in [0.15, 0.2) is 0 Å². The van der Waals surface area contributed by atoms with Gasteiger partial charge >= 0.3 is 12.2 Å². The van der Waals surface area contributed by atoms with Gasteiger partial charge in [-0.15, -0.1) is 0 Å². The van der Waals surface area contributed by atoms with Crippen molar-refractivity contribution in [1.29, 1.82) is 0 Å². The van der Waals surface area contributed by atoms with E-state index in [0.29, 0.717) is 19.3 Å². The lowest BCUT2D eigenvalue weighted by molar-refractivity contribution is -0.182. The number of nitrogens with one attached hydrogen (secondary N) is 2. The van der Waals surface area contributed by atoms with Crippen LogP contribution in [0.4, 0.5) is 18.0 Å². The largest absolute Gasteiger partial charge is 0.396 e. The first-order chi connectivity index (χ1) is 9.85. The van der Waals surface area contributed by atoms with E-state index < -0.39 is 12.1 Å². The van der Waals surface area contributed by atoms with Crippen LogP contribution in [0.2, 0.25) is 0 Å². The Hall–Kier alpha value is -0.980. The summed E-state index contributed by atoms with van der Waals surface area (Å²) < 4.78 is 37.7. The number of halogens is 3. The number of hydrogen-bond acceptors (Lipinski definition) is 2. The Bertz CT molecular complexity index is 362. The Morgan fingerprint density at radius 1 is 1.19 bits per heavy atom. The van der Waals surface area contributed by atoms with Crippen LogP contribution in [0.1, 0.15) is 51.4 Å². The molecule has 0 aromatic rings. The number of aliphatic hydroxyl groups is 1. The number of aliphatic hydroxyl groups excluding tert-OH is 1. The third kappa shape index (κ3) is 4.25. The minimum Gasteiger partial charge on any atom is -0.396 e. The first kappa shape index (κ1) is 16.4. The smallest absolute Gasteiger partial charge is 0.391 e. The molecule has 4 nitrogen and oxygen atoms in total. The summed E-state index contributed by atoms with van der Waals surface area (Å²) in [6.07, 6.45) is 0.0216. The van der Waals surface area contributed by atoms with E-state index in [9.17, 15) is 18.0 Å². The third-order valence-electron chi connectivity index (χ3n) is 4.81. The third-order valence-corrected chi connectivity index (χ3v) is 4.81. The molecule has 122 valence electrons. The van der Waals surface area contributed by atoms with Gasteiger partial charge in [0.1, 0.15) is 0 Å². The molecule has 2 saturated carbocycles. The highest BCUT2D eigenvalue weighted by Crippen LogP contribution is 2.38. The maximum absolute atomic E-state index is 12.6. The monoisotopic (exact) mass is 308 g/mol. The Balaban J connectivity index is 1.74. The molecular formula is C14H23F3N2O2. The van der Waals surface area contributed by atoms with Crippen LogP contribution in [0, 0.1) is 5.92 Å². The van der Waals surface area contributed by atoms with Gasteiger partial charge in [0.2, 0.25) is 0 Å². The van der Waals surface area contributed by atoms with E-state index in [0.717, 1.165) is 19.3 Å². The molecule has 2 rings (SSSR count). The van der Waals surface area contributed by atoms with Gasteiger partial charge in [-0.05, 0) is 51.4 Å². The second kappa shape index (κ2) is 6.42. The van der Waals surface area contributed by atoms with Crippen LogP contribution in [-0.2, 0) is 0 Å². The van der Waals surface area contributed by atoms with Gasteiger partial charge < -0.3 is 15.7 Å². The summed E-state index contributed by atoms with van der Waals surface area (Å²) in [6, 6.07) is -0.506. The van der Waals surface area contributed by atoms with E-state index in [1.807, 2.05) is 0 Å². The molecule has 3 N–H and O–H groups in total. The van der Waals surface area contributed by atoms with Gasteiger partial charge in [0, 0.05) is 18.2 Å². The van der Waals surface area contributed by atoms with Crippen molar-refractivity contribution in [3.63, 3.8) is 0 Å². The fraction of sp³-hybridized carbons (Fsp3) is 0.929. The maximum Gasteiger partial charge on any atom is 0.391 e. The second-order valence-corrected chi connectivity index (χ2v) is 6.30. The van der Waals surface area contributed by atoms with Gasteiger partial charge in [-0.1, -0.05) is 0 Å². The summed E-state index contributed by atoms with van der Waals surface area (Å²) in [7, 11) is 0. The molecule has 21 heavy (non-hydrogen) atoms. The molecule has 0 atom stereocenters. The minimum atomic E-state index is -4.12. The van der Waals surface area contributed by atoms with E-state index in [-0.39, 0.29) is 37.1 Å². The highest BCUT2D eigenvalue weighted by molar-refractivity contribution is 5.75. The topological polar surface area (TPSA) is 61.4 Å². The fourth-order valence-electron chi connectivity index (χ4n) is 3.28. The average Bonchev–Trinajstić information content (AvgIpc) is 2.36. The van der Waals surface area contributed by atoms with Crippen LogP contribution in [0.25, 0.3) is 0 Å². The van der Waals surface area contributed by atoms with Crippen LogP contribution < -0.4 is 10.6 Å². The number of carbonyl (C=O) groups excluding carboxylic acids is 1. The summed E-state index contributed by atoms with van der Waals surface area (Å²) >= 11 is 0. The summed E-state index contributed by atoms with van der Waals surface area (Å²) in [5, 5.41) is 14.7. The van der Waals surface area contributed by atoms with Gasteiger partial charge in [0.05, 0.1) is 5.92 Å². The number of carbonyl (C=O) groups is 1. The van der Waals surface area contributed by atoms with Gasteiger partial charge in [-0.3, -0.25) is 0 Å². The molecule has 2 fully saturated rings. The zero-order valence-corrected chi connectivity index (χ0v) is 12.0. The summed E-state index contributed by atoms with van der Waals surface area (Å²) in [5.41, 5.74) is -0.317. The van der Waals surface area contributed by atoms with Crippen LogP contribution in [0.3, 0.4) is 0 Å². The van der Waals surface area contributed by atoms with E-state index in [1.54, 1.807) is 0 Å². The van der Waals surface area contributed by atoms with E-state index >= 15 is 0 Å². The standard InChI is InChI=1S/C14H23F3N2O2/c15-14(16,17)10-2-4-11(5-3-10)18-12(21)19-13(8-9-20)6-1-7-13/h10-11,20H,1-9H2,(H2,18,19,21). The van der Waals surface area contributed by atoms with Crippen molar-refractivity contribution in [2.24, 2.45) is 5.92 Å². The van der Waals surface area contributed by atoms with Crippen molar-refractivity contribution < 1.29 is 23.1 Å². The Morgan fingerprint density at radius 2 is 1.81 bits per heavy atom. The molecular weight excluding hydrogens is 285 g/mol. The first-order valence-electron chi connectivity index (χ1n) is 7.61. The van der Waals surface area contributed by atoms with E-state index in [1.165, 1.54) is 0 Å². The van der Waals surface area contributed by atoms with Crippen molar-refractivity contribution in [3.8, 4) is 0 Å². The first-order valence-corrected chi connectivity index (χ1v) is 7.61. The average molecular weight is 308 g/mol. The van der Waals surface area contributed by atoms with Crippen LogP contribution in [-0.4, -0.2) is 35.5 Å². The van der Waals surface area contributed by atoms with Crippen molar-refractivity contribution >= 4 is 6.03 Å². The molecule has 0 radical (unpaired) electrons. The van der Waals surface area contributed by atoms with Gasteiger partial charge in [-0.25, -0.2) is 4.79 Å². The predicted molar refractivity (Wildman–Crippen MR) is 71.8 cm³/mol.